The minimum Gasteiger partial charge on any atom is -0.353 e. The van der Waals surface area contributed by atoms with Crippen LogP contribution in [0.5, 0.6) is 0 Å². The van der Waals surface area contributed by atoms with Gasteiger partial charge in [0, 0.05) is 66.2 Å². The Labute approximate surface area is 231 Å². The summed E-state index contributed by atoms with van der Waals surface area (Å²) in [6.45, 7) is 5.82. The van der Waals surface area contributed by atoms with Crippen LogP contribution < -0.4 is 15.6 Å². The predicted octanol–water partition coefficient (Wildman–Crippen LogP) is 1.75. The fourth-order valence-corrected chi connectivity index (χ4v) is 5.96. The highest BCUT2D eigenvalue weighted by Crippen LogP contribution is 2.27. The molecule has 0 bridgehead atoms. The summed E-state index contributed by atoms with van der Waals surface area (Å²) >= 11 is 0. The average Bonchev–Trinajstić information content (AvgIpc) is 3.51. The predicted molar refractivity (Wildman–Crippen MR) is 153 cm³/mol. The van der Waals surface area contributed by atoms with Gasteiger partial charge in [-0.1, -0.05) is 12.1 Å². The highest BCUT2D eigenvalue weighted by atomic mass is 16.2. The lowest BCUT2D eigenvalue weighted by molar-refractivity contribution is -0.129. The van der Waals surface area contributed by atoms with Gasteiger partial charge in [-0.3, -0.25) is 23.6 Å². The van der Waals surface area contributed by atoms with E-state index in [4.69, 9.17) is 4.98 Å². The molecule has 0 atom stereocenters. The molecule has 0 aliphatic carbocycles. The van der Waals surface area contributed by atoms with Crippen LogP contribution in [0.2, 0.25) is 0 Å². The number of carbonyl (C=O) groups excluding carboxylic acids is 3. The van der Waals surface area contributed by atoms with E-state index in [2.05, 4.69) is 10.2 Å². The molecular formula is C29H33N7O4. The molecule has 208 valence electrons. The number of para-hydroxylation sites is 2. The third kappa shape index (κ3) is 4.35. The molecule has 0 saturated carbocycles. The van der Waals surface area contributed by atoms with Crippen molar-refractivity contribution in [1.82, 2.24) is 29.1 Å². The van der Waals surface area contributed by atoms with E-state index in [1.807, 2.05) is 56.1 Å². The summed E-state index contributed by atoms with van der Waals surface area (Å²) < 4.78 is 3.77. The number of carbonyl (C=O) groups is 3. The van der Waals surface area contributed by atoms with Gasteiger partial charge < -0.3 is 24.6 Å². The van der Waals surface area contributed by atoms with Gasteiger partial charge in [0.15, 0.2) is 5.65 Å². The van der Waals surface area contributed by atoms with Crippen molar-refractivity contribution in [2.75, 3.05) is 50.7 Å². The fourth-order valence-electron chi connectivity index (χ4n) is 5.96. The number of hydrogen-bond donors (Lipinski definition) is 1. The molecule has 2 saturated heterocycles. The monoisotopic (exact) mass is 543 g/mol. The van der Waals surface area contributed by atoms with Crippen LogP contribution in [0.4, 0.5) is 5.82 Å². The van der Waals surface area contributed by atoms with Crippen molar-refractivity contribution in [3.63, 3.8) is 0 Å². The van der Waals surface area contributed by atoms with Crippen LogP contribution in [-0.2, 0) is 16.6 Å². The van der Waals surface area contributed by atoms with Gasteiger partial charge in [-0.2, -0.15) is 0 Å². The Morgan fingerprint density at radius 3 is 2.42 bits per heavy atom. The van der Waals surface area contributed by atoms with Gasteiger partial charge in [0.1, 0.15) is 17.0 Å². The Morgan fingerprint density at radius 2 is 1.73 bits per heavy atom. The molecular weight excluding hydrogens is 510 g/mol. The Balaban J connectivity index is 1.39. The SMILES string of the molecule is CC(=O)N1CCN(c2ccc3c(=O)c(C(=O)NCCCN4CCCC4=O)c4n(C)c5ccccc5n4c3n2)CC1. The van der Waals surface area contributed by atoms with Gasteiger partial charge in [0.25, 0.3) is 5.91 Å². The van der Waals surface area contributed by atoms with Crippen molar-refractivity contribution in [3.05, 3.63) is 52.2 Å². The summed E-state index contributed by atoms with van der Waals surface area (Å²) in [6, 6.07) is 11.3. The van der Waals surface area contributed by atoms with Gasteiger partial charge in [0.2, 0.25) is 17.2 Å². The first-order valence-electron chi connectivity index (χ1n) is 13.8. The van der Waals surface area contributed by atoms with Crippen molar-refractivity contribution >= 4 is 51.3 Å². The number of hydrogen-bond acceptors (Lipinski definition) is 6. The lowest BCUT2D eigenvalue weighted by Crippen LogP contribution is -2.48. The van der Waals surface area contributed by atoms with Gasteiger partial charge >= 0.3 is 0 Å². The van der Waals surface area contributed by atoms with Crippen LogP contribution in [0.15, 0.2) is 41.2 Å². The van der Waals surface area contributed by atoms with E-state index in [1.54, 1.807) is 13.0 Å². The number of aromatic nitrogens is 3. The molecule has 11 nitrogen and oxygen atoms in total. The molecule has 6 rings (SSSR count). The molecule has 2 aliphatic rings. The number of anilines is 1. The molecule has 5 heterocycles. The second-order valence-electron chi connectivity index (χ2n) is 10.5. The minimum atomic E-state index is -0.438. The first kappa shape index (κ1) is 25.8. The van der Waals surface area contributed by atoms with Gasteiger partial charge in [-0.05, 0) is 37.1 Å². The van der Waals surface area contributed by atoms with Crippen LogP contribution in [0.3, 0.4) is 0 Å². The van der Waals surface area contributed by atoms with Gasteiger partial charge in [-0.15, -0.1) is 0 Å². The molecule has 0 unspecified atom stereocenters. The zero-order valence-corrected chi connectivity index (χ0v) is 22.9. The summed E-state index contributed by atoms with van der Waals surface area (Å²) in [5.74, 6) is 0.507. The van der Waals surface area contributed by atoms with Crippen LogP contribution in [0.1, 0.15) is 36.5 Å². The van der Waals surface area contributed by atoms with E-state index < -0.39 is 5.91 Å². The lowest BCUT2D eigenvalue weighted by Gasteiger charge is -2.35. The number of nitrogens with zero attached hydrogens (tertiary/aromatic N) is 6. The smallest absolute Gasteiger partial charge is 0.259 e. The molecule has 11 heteroatoms. The number of imidazole rings is 1. The molecule has 1 N–H and O–H groups in total. The molecule has 3 amide bonds. The van der Waals surface area contributed by atoms with Crippen LogP contribution >= 0.6 is 0 Å². The summed E-state index contributed by atoms with van der Waals surface area (Å²) in [7, 11) is 1.85. The van der Waals surface area contributed by atoms with Crippen molar-refractivity contribution < 1.29 is 14.4 Å². The maximum Gasteiger partial charge on any atom is 0.259 e. The molecule has 4 aromatic rings. The van der Waals surface area contributed by atoms with Crippen LogP contribution in [-0.4, -0.2) is 87.3 Å². The second kappa shape index (κ2) is 10.3. The molecule has 40 heavy (non-hydrogen) atoms. The van der Waals surface area contributed by atoms with Crippen molar-refractivity contribution in [3.8, 4) is 0 Å². The minimum absolute atomic E-state index is 0.0606. The van der Waals surface area contributed by atoms with Crippen molar-refractivity contribution in [2.45, 2.75) is 26.2 Å². The number of piperazine rings is 1. The summed E-state index contributed by atoms with van der Waals surface area (Å²) in [4.78, 5) is 61.8. The van der Waals surface area contributed by atoms with Crippen LogP contribution in [0, 0.1) is 0 Å². The number of benzene rings is 1. The molecule has 1 aromatic carbocycles. The summed E-state index contributed by atoms with van der Waals surface area (Å²) in [5.41, 5.74) is 2.40. The quantitative estimate of drug-likeness (QED) is 0.371. The number of fused-ring (bicyclic) bond motifs is 5. The molecule has 2 fully saturated rings. The van der Waals surface area contributed by atoms with Gasteiger partial charge in [0.05, 0.1) is 16.4 Å². The third-order valence-electron chi connectivity index (χ3n) is 8.12. The molecule has 0 spiro atoms. The zero-order chi connectivity index (χ0) is 28.0. The average molecular weight is 544 g/mol. The number of aryl methyl sites for hydroxylation is 1. The van der Waals surface area contributed by atoms with E-state index in [-0.39, 0.29) is 22.8 Å². The van der Waals surface area contributed by atoms with Crippen LogP contribution in [0.25, 0.3) is 27.7 Å². The Hall–Kier alpha value is -4.41. The number of rotatable bonds is 6. The number of nitrogens with one attached hydrogen (secondary N) is 1. The second-order valence-corrected chi connectivity index (χ2v) is 10.5. The summed E-state index contributed by atoms with van der Waals surface area (Å²) in [6.07, 6.45) is 2.08. The standard InChI is InChI=1S/C29H33N7O4/c1-19(37)33-15-17-34(18-16-33)23-11-10-20-26(39)25(28(40)30-12-6-14-35-13-5-9-24(35)38)29-32(2)21-7-3-4-8-22(21)36(29)27(20)31-23/h3-4,7-8,10-11H,5-6,9,12-18H2,1-2H3,(H,30,40). The zero-order valence-electron chi connectivity index (χ0n) is 22.9. The molecule has 3 aromatic heterocycles. The fraction of sp³-hybridized carbons (Fsp3) is 0.414. The first-order chi connectivity index (χ1) is 19.3. The topological polar surface area (TPSA) is 112 Å². The van der Waals surface area contributed by atoms with E-state index in [1.165, 1.54) is 0 Å². The maximum absolute atomic E-state index is 13.9. The lowest BCUT2D eigenvalue weighted by atomic mass is 10.1. The summed E-state index contributed by atoms with van der Waals surface area (Å²) in [5, 5.41) is 3.29. The number of amides is 3. The third-order valence-corrected chi connectivity index (χ3v) is 8.12. The van der Waals surface area contributed by atoms with E-state index >= 15 is 0 Å². The first-order valence-corrected chi connectivity index (χ1v) is 13.8. The Bertz CT molecular complexity index is 1710. The normalized spacial score (nSPS) is 16.1. The number of pyridine rings is 2. The Kier molecular flexibility index (Phi) is 6.65. The highest BCUT2D eigenvalue weighted by molar-refractivity contribution is 6.05. The van der Waals surface area contributed by atoms with Crippen molar-refractivity contribution in [2.24, 2.45) is 7.05 Å². The van der Waals surface area contributed by atoms with E-state index in [0.29, 0.717) is 68.8 Å². The Morgan fingerprint density at radius 1 is 0.975 bits per heavy atom. The number of likely N-dealkylation sites (tertiary alicyclic amines) is 1. The molecule has 2 aliphatic heterocycles. The van der Waals surface area contributed by atoms with Crippen molar-refractivity contribution in [1.29, 1.82) is 0 Å². The van der Waals surface area contributed by atoms with Gasteiger partial charge in [-0.25, -0.2) is 4.98 Å². The maximum atomic E-state index is 13.9. The largest absolute Gasteiger partial charge is 0.353 e. The molecule has 0 radical (unpaired) electrons. The van der Waals surface area contributed by atoms with E-state index in [0.717, 1.165) is 29.8 Å². The van der Waals surface area contributed by atoms with E-state index in [9.17, 15) is 19.2 Å². The highest BCUT2D eigenvalue weighted by Gasteiger charge is 2.26.